The molecule has 1 aromatic heterocycles. The van der Waals surface area contributed by atoms with Gasteiger partial charge in [0.25, 0.3) is 5.56 Å². The molecule has 43 heavy (non-hydrogen) atoms. The molecule has 6 rings (SSSR count). The van der Waals surface area contributed by atoms with E-state index in [1.54, 1.807) is 18.4 Å². The summed E-state index contributed by atoms with van der Waals surface area (Å²) in [6.45, 7) is 6.17. The van der Waals surface area contributed by atoms with Crippen LogP contribution in [0.1, 0.15) is 42.1 Å². The number of aryl methyl sites for hydroxylation is 1. The molecule has 0 saturated heterocycles. The van der Waals surface area contributed by atoms with E-state index in [1.165, 1.54) is 11.3 Å². The van der Waals surface area contributed by atoms with E-state index in [2.05, 4.69) is 15.9 Å². The second-order valence-corrected chi connectivity index (χ2v) is 12.3. The van der Waals surface area contributed by atoms with Crippen LogP contribution in [-0.4, -0.2) is 17.1 Å². The Morgan fingerprint density at radius 2 is 1.74 bits per heavy atom. The first-order chi connectivity index (χ1) is 20.8. The van der Waals surface area contributed by atoms with Crippen molar-refractivity contribution in [2.45, 2.75) is 33.4 Å². The maximum Gasteiger partial charge on any atom is 0.338 e. The van der Waals surface area contributed by atoms with Crippen LogP contribution in [0.3, 0.4) is 0 Å². The van der Waals surface area contributed by atoms with Crippen LogP contribution < -0.4 is 19.6 Å². The first-order valence-electron chi connectivity index (χ1n) is 14.0. The lowest BCUT2D eigenvalue weighted by atomic mass is 9.95. The second kappa shape index (κ2) is 12.1. The molecular formula is C35H29BrN2O4S. The molecule has 8 heteroatoms. The summed E-state index contributed by atoms with van der Waals surface area (Å²) in [5.41, 5.74) is 4.43. The van der Waals surface area contributed by atoms with Crippen molar-refractivity contribution in [2.75, 3.05) is 6.61 Å². The van der Waals surface area contributed by atoms with Gasteiger partial charge < -0.3 is 9.47 Å². The Kier molecular flexibility index (Phi) is 8.15. The maximum atomic E-state index is 14.2. The lowest BCUT2D eigenvalue weighted by Crippen LogP contribution is -2.39. The average Bonchev–Trinajstić information content (AvgIpc) is 3.31. The molecule has 6 nitrogen and oxygen atoms in total. The van der Waals surface area contributed by atoms with Crippen LogP contribution in [0.2, 0.25) is 0 Å². The molecule has 0 fully saturated rings. The number of aromatic nitrogens is 1. The maximum absolute atomic E-state index is 14.2. The van der Waals surface area contributed by atoms with E-state index >= 15 is 0 Å². The number of nitrogens with zero attached hydrogens (tertiary/aromatic N) is 2. The first-order valence-corrected chi connectivity index (χ1v) is 15.6. The predicted molar refractivity (Wildman–Crippen MR) is 174 cm³/mol. The molecule has 4 aromatic carbocycles. The molecule has 1 aliphatic rings. The number of fused-ring (bicyclic) bond motifs is 2. The summed E-state index contributed by atoms with van der Waals surface area (Å²) < 4.78 is 14.9. The lowest BCUT2D eigenvalue weighted by molar-refractivity contribution is -0.139. The van der Waals surface area contributed by atoms with Crippen LogP contribution in [0.5, 0.6) is 5.75 Å². The highest BCUT2D eigenvalue weighted by Gasteiger charge is 2.33. The zero-order valence-corrected chi connectivity index (χ0v) is 26.4. The lowest BCUT2D eigenvalue weighted by Gasteiger charge is -2.24. The Hall–Kier alpha value is -4.27. The van der Waals surface area contributed by atoms with Crippen molar-refractivity contribution in [3.63, 3.8) is 0 Å². The number of hydrogen-bond donors (Lipinski definition) is 0. The molecule has 0 amide bonds. The Morgan fingerprint density at radius 1 is 1.00 bits per heavy atom. The first kappa shape index (κ1) is 28.8. The predicted octanol–water partition coefficient (Wildman–Crippen LogP) is 6.60. The Labute approximate surface area is 261 Å². The highest BCUT2D eigenvalue weighted by Crippen LogP contribution is 2.32. The van der Waals surface area contributed by atoms with E-state index in [0.29, 0.717) is 33.0 Å². The third-order valence-electron chi connectivity index (χ3n) is 7.42. The SMILES string of the molecule is CCOC(=O)C1=C(C)N=c2s/c(=C\c3c(OCc4ccc(Br)cc4)ccc4ccccc34)c(=O)n2[C@H]1c1ccc(C)cc1. The summed E-state index contributed by atoms with van der Waals surface area (Å²) in [6, 6.07) is 27.2. The van der Waals surface area contributed by atoms with E-state index < -0.39 is 12.0 Å². The normalized spacial score (nSPS) is 14.9. The van der Waals surface area contributed by atoms with Crippen molar-refractivity contribution in [1.29, 1.82) is 0 Å². The van der Waals surface area contributed by atoms with Gasteiger partial charge in [0.15, 0.2) is 4.80 Å². The molecule has 0 bridgehead atoms. The monoisotopic (exact) mass is 652 g/mol. The quantitative estimate of drug-likeness (QED) is 0.186. The van der Waals surface area contributed by atoms with E-state index in [0.717, 1.165) is 37.5 Å². The van der Waals surface area contributed by atoms with Crippen molar-refractivity contribution in [3.8, 4) is 5.75 Å². The molecule has 0 aliphatic carbocycles. The van der Waals surface area contributed by atoms with Crippen LogP contribution >= 0.6 is 27.3 Å². The highest BCUT2D eigenvalue weighted by molar-refractivity contribution is 9.10. The molecule has 0 N–H and O–H groups in total. The van der Waals surface area contributed by atoms with Gasteiger partial charge in [-0.1, -0.05) is 99.6 Å². The van der Waals surface area contributed by atoms with Gasteiger partial charge in [0.05, 0.1) is 28.5 Å². The molecule has 0 unspecified atom stereocenters. The van der Waals surface area contributed by atoms with Gasteiger partial charge in [0.1, 0.15) is 12.4 Å². The summed E-state index contributed by atoms with van der Waals surface area (Å²) in [6.07, 6.45) is 1.89. The number of carbonyl (C=O) groups excluding carboxylic acids is 1. The van der Waals surface area contributed by atoms with Crippen molar-refractivity contribution in [2.24, 2.45) is 4.99 Å². The number of allylic oxidation sites excluding steroid dienone is 1. The minimum Gasteiger partial charge on any atom is -0.488 e. The van der Waals surface area contributed by atoms with Gasteiger partial charge >= 0.3 is 5.97 Å². The van der Waals surface area contributed by atoms with Crippen molar-refractivity contribution in [1.82, 2.24) is 4.57 Å². The minimum absolute atomic E-state index is 0.226. The van der Waals surface area contributed by atoms with Gasteiger partial charge in [-0.15, -0.1) is 0 Å². The second-order valence-electron chi connectivity index (χ2n) is 10.3. The third kappa shape index (κ3) is 5.72. The number of benzene rings is 4. The van der Waals surface area contributed by atoms with Gasteiger partial charge in [-0.3, -0.25) is 9.36 Å². The van der Waals surface area contributed by atoms with Gasteiger partial charge in [0.2, 0.25) is 0 Å². The van der Waals surface area contributed by atoms with E-state index in [-0.39, 0.29) is 12.2 Å². The number of halogens is 1. The van der Waals surface area contributed by atoms with E-state index in [1.807, 2.05) is 97.9 Å². The molecule has 2 heterocycles. The van der Waals surface area contributed by atoms with Crippen molar-refractivity contribution < 1.29 is 14.3 Å². The largest absolute Gasteiger partial charge is 0.488 e. The number of carbonyl (C=O) groups is 1. The summed E-state index contributed by atoms with van der Waals surface area (Å²) in [4.78, 5) is 32.7. The smallest absolute Gasteiger partial charge is 0.338 e. The van der Waals surface area contributed by atoms with Gasteiger partial charge in [0, 0.05) is 10.0 Å². The van der Waals surface area contributed by atoms with Crippen molar-refractivity contribution >= 4 is 50.1 Å². The molecular weight excluding hydrogens is 624 g/mol. The molecule has 0 spiro atoms. The fraction of sp³-hybridized carbons (Fsp3) is 0.171. The van der Waals surface area contributed by atoms with Crippen LogP contribution in [0.15, 0.2) is 110 Å². The summed E-state index contributed by atoms with van der Waals surface area (Å²) in [5.74, 6) is 0.201. The average molecular weight is 654 g/mol. The molecule has 216 valence electrons. The van der Waals surface area contributed by atoms with E-state index in [4.69, 9.17) is 14.5 Å². The Bertz CT molecular complexity index is 2060. The topological polar surface area (TPSA) is 69.9 Å². The molecule has 1 atom stereocenters. The minimum atomic E-state index is -0.654. The molecule has 1 aliphatic heterocycles. The molecule has 5 aromatic rings. The van der Waals surface area contributed by atoms with Gasteiger partial charge in [-0.25, -0.2) is 9.79 Å². The standard InChI is InChI=1S/C35H29BrN2O4S/c1-4-41-34(40)31-22(3)37-35-38(32(31)25-13-9-21(2)10-14-25)33(39)30(43-35)19-28-27-8-6-5-7-24(27)15-18-29(28)42-20-23-11-16-26(36)17-12-23/h5-19,32H,4,20H2,1-3H3/b30-19-/t32-/m0/s1. The zero-order valence-electron chi connectivity index (χ0n) is 24.0. The van der Waals surface area contributed by atoms with Gasteiger partial charge in [-0.2, -0.15) is 0 Å². The van der Waals surface area contributed by atoms with Gasteiger partial charge in [-0.05, 0) is 66.9 Å². The number of esters is 1. The third-order valence-corrected chi connectivity index (χ3v) is 8.94. The number of hydrogen-bond acceptors (Lipinski definition) is 6. The molecule has 0 radical (unpaired) electrons. The fourth-order valence-electron chi connectivity index (χ4n) is 5.28. The Morgan fingerprint density at radius 3 is 2.49 bits per heavy atom. The number of ether oxygens (including phenoxy) is 2. The van der Waals surface area contributed by atoms with Crippen LogP contribution in [0.4, 0.5) is 0 Å². The fourth-order valence-corrected chi connectivity index (χ4v) is 6.57. The van der Waals surface area contributed by atoms with Crippen LogP contribution in [0.25, 0.3) is 16.8 Å². The van der Waals surface area contributed by atoms with E-state index in [9.17, 15) is 9.59 Å². The summed E-state index contributed by atoms with van der Waals surface area (Å²) in [5, 5.41) is 2.01. The summed E-state index contributed by atoms with van der Waals surface area (Å²) in [7, 11) is 0. The van der Waals surface area contributed by atoms with Crippen LogP contribution in [0, 0.1) is 6.92 Å². The zero-order chi connectivity index (χ0) is 30.1. The number of rotatable bonds is 7. The molecule has 0 saturated carbocycles. The number of thiazole rings is 1. The van der Waals surface area contributed by atoms with Crippen molar-refractivity contribution in [3.05, 3.63) is 143 Å². The highest BCUT2D eigenvalue weighted by atomic mass is 79.9. The summed E-state index contributed by atoms with van der Waals surface area (Å²) >= 11 is 4.78. The Balaban J connectivity index is 1.52. The van der Waals surface area contributed by atoms with Crippen LogP contribution in [-0.2, 0) is 16.1 Å².